The largest absolute Gasteiger partial charge is 0.475 e. The van der Waals surface area contributed by atoms with E-state index < -0.39 is 8.07 Å². The monoisotopic (exact) mass is 275 g/mol. The average Bonchev–Trinajstić information content (AvgIpc) is 2.67. The molecule has 2 nitrogen and oxygen atoms in total. The molecular weight excluding hydrogens is 250 g/mol. The highest BCUT2D eigenvalue weighted by atomic mass is 28.3. The molecule has 1 aliphatic rings. The maximum absolute atomic E-state index is 5.82. The molecule has 19 heavy (non-hydrogen) atoms. The van der Waals surface area contributed by atoms with Gasteiger partial charge in [0, 0.05) is 5.56 Å². The molecular formula is C16H25NOSi. The lowest BCUT2D eigenvalue weighted by molar-refractivity contribution is 0.279. The molecule has 0 aliphatic carbocycles. The second-order valence-corrected chi connectivity index (χ2v) is 12.8. The zero-order valence-electron chi connectivity index (χ0n) is 12.9. The summed E-state index contributed by atoms with van der Waals surface area (Å²) in [5.74, 6) is 0.825. The van der Waals surface area contributed by atoms with Crippen LogP contribution in [0.25, 0.3) is 0 Å². The van der Waals surface area contributed by atoms with Crippen molar-refractivity contribution in [3.05, 3.63) is 35.4 Å². The lowest BCUT2D eigenvalue weighted by atomic mass is 10.0. The highest BCUT2D eigenvalue weighted by Crippen LogP contribution is 2.31. The van der Waals surface area contributed by atoms with Crippen molar-refractivity contribution in [2.24, 2.45) is 4.99 Å². The molecule has 0 radical (unpaired) electrons. The Labute approximate surface area is 117 Å². The van der Waals surface area contributed by atoms with Gasteiger partial charge in [0.2, 0.25) is 5.90 Å². The van der Waals surface area contributed by atoms with Crippen molar-refractivity contribution in [1.82, 2.24) is 0 Å². The molecule has 0 bridgehead atoms. The number of nitrogens with zero attached hydrogens (tertiary/aromatic N) is 1. The van der Waals surface area contributed by atoms with Crippen molar-refractivity contribution in [1.29, 1.82) is 0 Å². The van der Waals surface area contributed by atoms with Gasteiger partial charge in [0.15, 0.2) is 0 Å². The van der Waals surface area contributed by atoms with Gasteiger partial charge in [-0.1, -0.05) is 44.8 Å². The van der Waals surface area contributed by atoms with Crippen molar-refractivity contribution in [2.45, 2.75) is 51.5 Å². The summed E-state index contributed by atoms with van der Waals surface area (Å²) in [6.07, 6.45) is 0. The maximum atomic E-state index is 5.82. The molecule has 1 aromatic rings. The Morgan fingerprint density at radius 3 is 2.37 bits per heavy atom. The van der Waals surface area contributed by atoms with Crippen molar-refractivity contribution in [3.63, 3.8) is 0 Å². The van der Waals surface area contributed by atoms with Crippen LogP contribution in [0.4, 0.5) is 0 Å². The molecule has 1 heterocycles. The average molecular weight is 275 g/mol. The molecule has 3 heteroatoms. The standard InChI is InChI=1S/C16H25NOSi/c1-12(19(4,5)6)13-9-7-8-10-14(13)15-17-16(2,3)11-18-15/h7-10,12H,11H2,1-6H3. The Morgan fingerprint density at radius 2 is 1.84 bits per heavy atom. The first-order chi connectivity index (χ1) is 8.71. The highest BCUT2D eigenvalue weighted by molar-refractivity contribution is 6.77. The van der Waals surface area contributed by atoms with Crippen molar-refractivity contribution in [2.75, 3.05) is 6.61 Å². The number of ether oxygens (including phenoxy) is 1. The van der Waals surface area contributed by atoms with Gasteiger partial charge >= 0.3 is 0 Å². The molecule has 0 spiro atoms. The summed E-state index contributed by atoms with van der Waals surface area (Å²) in [6, 6.07) is 8.57. The van der Waals surface area contributed by atoms with Crippen LogP contribution in [0.15, 0.2) is 29.3 Å². The minimum Gasteiger partial charge on any atom is -0.475 e. The summed E-state index contributed by atoms with van der Waals surface area (Å²) in [6.45, 7) is 14.5. The van der Waals surface area contributed by atoms with Crippen LogP contribution in [0.3, 0.4) is 0 Å². The van der Waals surface area contributed by atoms with Crippen LogP contribution in [0.2, 0.25) is 19.6 Å². The molecule has 0 saturated carbocycles. The van der Waals surface area contributed by atoms with E-state index in [1.807, 2.05) is 0 Å². The smallest absolute Gasteiger partial charge is 0.217 e. The molecule has 1 unspecified atom stereocenters. The fourth-order valence-electron chi connectivity index (χ4n) is 2.26. The summed E-state index contributed by atoms with van der Waals surface area (Å²) < 4.78 is 5.82. The Morgan fingerprint density at radius 1 is 1.21 bits per heavy atom. The minimum absolute atomic E-state index is 0.0924. The zero-order valence-corrected chi connectivity index (χ0v) is 13.9. The first kappa shape index (κ1) is 14.3. The van der Waals surface area contributed by atoms with Crippen LogP contribution in [0, 0.1) is 0 Å². The third-order valence-corrected chi connectivity index (χ3v) is 6.83. The normalized spacial score (nSPS) is 19.8. The van der Waals surface area contributed by atoms with E-state index in [-0.39, 0.29) is 5.54 Å². The van der Waals surface area contributed by atoms with Crippen LogP contribution >= 0.6 is 0 Å². The van der Waals surface area contributed by atoms with Crippen molar-refractivity contribution < 1.29 is 4.74 Å². The number of rotatable bonds is 3. The Hall–Kier alpha value is -1.09. The zero-order chi connectivity index (χ0) is 14.3. The second kappa shape index (κ2) is 4.78. The van der Waals surface area contributed by atoms with E-state index in [0.29, 0.717) is 12.1 Å². The van der Waals surface area contributed by atoms with Crippen LogP contribution < -0.4 is 0 Å². The van der Waals surface area contributed by atoms with Crippen LogP contribution in [0.1, 0.15) is 37.4 Å². The van der Waals surface area contributed by atoms with Gasteiger partial charge in [0.05, 0.1) is 13.6 Å². The first-order valence-corrected chi connectivity index (χ1v) is 10.6. The fraction of sp³-hybridized carbons (Fsp3) is 0.562. The third kappa shape index (κ3) is 3.08. The van der Waals surface area contributed by atoms with E-state index in [1.54, 1.807) is 0 Å². The van der Waals surface area contributed by atoms with Crippen LogP contribution in [0.5, 0.6) is 0 Å². The Kier molecular flexibility index (Phi) is 3.60. The minimum atomic E-state index is -1.23. The second-order valence-electron chi connectivity index (χ2n) is 7.19. The van der Waals surface area contributed by atoms with Gasteiger partial charge in [-0.15, -0.1) is 0 Å². The third-order valence-electron chi connectivity index (χ3n) is 3.92. The van der Waals surface area contributed by atoms with Gasteiger partial charge in [-0.2, -0.15) is 0 Å². The molecule has 1 aliphatic heterocycles. The van der Waals surface area contributed by atoms with E-state index in [2.05, 4.69) is 64.7 Å². The lowest BCUT2D eigenvalue weighted by Crippen LogP contribution is -2.30. The quantitative estimate of drug-likeness (QED) is 0.757. The highest BCUT2D eigenvalue weighted by Gasteiger charge is 2.31. The molecule has 0 N–H and O–H groups in total. The van der Waals surface area contributed by atoms with Crippen molar-refractivity contribution in [3.8, 4) is 0 Å². The van der Waals surface area contributed by atoms with Gasteiger partial charge < -0.3 is 4.74 Å². The van der Waals surface area contributed by atoms with Crippen LogP contribution in [-0.2, 0) is 4.74 Å². The van der Waals surface area contributed by atoms with Gasteiger partial charge in [0.25, 0.3) is 0 Å². The summed E-state index contributed by atoms with van der Waals surface area (Å²) in [5.41, 5.74) is 3.07. The fourth-order valence-corrected chi connectivity index (χ4v) is 3.44. The van der Waals surface area contributed by atoms with Gasteiger partial charge in [-0.05, 0) is 31.0 Å². The van der Waals surface area contributed by atoms with Gasteiger partial charge in [-0.3, -0.25) is 0 Å². The first-order valence-electron chi connectivity index (χ1n) is 7.03. The Balaban J connectivity index is 2.43. The molecule has 2 rings (SSSR count). The number of hydrogen-bond donors (Lipinski definition) is 0. The van der Waals surface area contributed by atoms with Crippen molar-refractivity contribution >= 4 is 14.0 Å². The van der Waals surface area contributed by atoms with E-state index in [4.69, 9.17) is 9.73 Å². The van der Waals surface area contributed by atoms with Crippen LogP contribution in [-0.4, -0.2) is 26.1 Å². The predicted molar refractivity (Wildman–Crippen MR) is 84.8 cm³/mol. The molecule has 104 valence electrons. The summed E-state index contributed by atoms with van der Waals surface area (Å²) in [5, 5.41) is 0. The molecule has 0 fully saturated rings. The SMILES string of the molecule is CC(c1ccccc1C1=NC(C)(C)CO1)[Si](C)(C)C. The summed E-state index contributed by atoms with van der Waals surface area (Å²) in [4.78, 5) is 4.73. The maximum Gasteiger partial charge on any atom is 0.217 e. The molecule has 0 saturated heterocycles. The number of hydrogen-bond acceptors (Lipinski definition) is 2. The number of aliphatic imine (C=N–C) groups is 1. The molecule has 0 amide bonds. The predicted octanol–water partition coefficient (Wildman–Crippen LogP) is 4.22. The topological polar surface area (TPSA) is 21.6 Å². The van der Waals surface area contributed by atoms with E-state index >= 15 is 0 Å². The molecule has 1 atom stereocenters. The van der Waals surface area contributed by atoms with Gasteiger partial charge in [-0.25, -0.2) is 4.99 Å². The Bertz CT molecular complexity index is 500. The lowest BCUT2D eigenvalue weighted by Gasteiger charge is -2.27. The van der Waals surface area contributed by atoms with E-state index in [1.165, 1.54) is 11.1 Å². The summed E-state index contributed by atoms with van der Waals surface area (Å²) in [7, 11) is -1.23. The molecule has 1 aromatic carbocycles. The summed E-state index contributed by atoms with van der Waals surface area (Å²) >= 11 is 0. The van der Waals surface area contributed by atoms with E-state index in [9.17, 15) is 0 Å². The molecule has 0 aromatic heterocycles. The number of benzene rings is 1. The van der Waals surface area contributed by atoms with Gasteiger partial charge in [0.1, 0.15) is 6.61 Å². The van der Waals surface area contributed by atoms with E-state index in [0.717, 1.165) is 5.90 Å².